The first-order valence-corrected chi connectivity index (χ1v) is 11.6. The Hall–Kier alpha value is -2.55. The van der Waals surface area contributed by atoms with Gasteiger partial charge in [0.2, 0.25) is 0 Å². The van der Waals surface area contributed by atoms with Crippen LogP contribution in [0.25, 0.3) is 16.5 Å². The molecule has 3 aromatic rings. The monoisotopic (exact) mass is 414 g/mol. The fraction of sp³-hybridized carbons (Fsp3) is 0.393. The maximum absolute atomic E-state index is 9.32. The van der Waals surface area contributed by atoms with Gasteiger partial charge >= 0.3 is 6.85 Å². The fourth-order valence-electron chi connectivity index (χ4n) is 5.44. The number of aryl methyl sites for hydroxylation is 1. The van der Waals surface area contributed by atoms with Crippen LogP contribution in [0, 0.1) is 5.92 Å². The van der Waals surface area contributed by atoms with Gasteiger partial charge in [0.1, 0.15) is 5.52 Å². The van der Waals surface area contributed by atoms with E-state index >= 15 is 0 Å². The van der Waals surface area contributed by atoms with Gasteiger partial charge < -0.3 is 0 Å². The Kier molecular flexibility index (Phi) is 4.04. The number of benzene rings is 2. The summed E-state index contributed by atoms with van der Waals surface area (Å²) < 4.78 is 45.8. The predicted octanol–water partition coefficient (Wildman–Crippen LogP) is 5.89. The number of anilines is 1. The van der Waals surface area contributed by atoms with Crippen LogP contribution in [0.4, 0.5) is 5.82 Å². The van der Waals surface area contributed by atoms with Crippen LogP contribution in [0.5, 0.6) is 0 Å². The number of rotatable bonds is 3. The molecular weight excluding hydrogens is 375 g/mol. The Balaban J connectivity index is 1.78. The van der Waals surface area contributed by atoms with Crippen molar-refractivity contribution < 1.29 is 11.4 Å². The summed E-state index contributed by atoms with van der Waals surface area (Å²) in [5, 5.41) is 0.919. The molecule has 0 bridgehead atoms. The number of hydrogen-bond acceptors (Lipinski definition) is 1. The van der Waals surface area contributed by atoms with E-state index in [1.54, 1.807) is 0 Å². The molecule has 1 aliphatic carbocycles. The zero-order valence-electron chi connectivity index (χ0n) is 23.8. The lowest BCUT2D eigenvalue weighted by Gasteiger charge is -2.32. The molecule has 0 N–H and O–H groups in total. The number of aromatic nitrogens is 1. The lowest BCUT2D eigenvalue weighted by molar-refractivity contribution is -0.631. The lowest BCUT2D eigenvalue weighted by Crippen LogP contribution is -2.53. The van der Waals surface area contributed by atoms with Crippen LogP contribution in [0.1, 0.15) is 63.9 Å². The highest BCUT2D eigenvalue weighted by Gasteiger charge is 2.39. The molecule has 2 aliphatic rings. The molecule has 0 saturated heterocycles. The number of allylic oxidation sites excluding steroid dienone is 2. The van der Waals surface area contributed by atoms with Crippen LogP contribution < -0.4 is 14.8 Å². The summed E-state index contributed by atoms with van der Waals surface area (Å²) in [5.41, 5.74) is 4.45. The first-order valence-electron chi connectivity index (χ1n) is 14.1. The Morgan fingerprint density at radius 2 is 1.84 bits per heavy atom. The summed E-state index contributed by atoms with van der Waals surface area (Å²) in [6, 6.07) is 17.8. The van der Waals surface area contributed by atoms with Crippen LogP contribution in [-0.2, 0) is 13.4 Å². The number of nitrogens with zero attached hydrogens (tertiary/aromatic N) is 2. The minimum atomic E-state index is -2.27. The van der Waals surface area contributed by atoms with Crippen LogP contribution >= 0.6 is 0 Å². The molecule has 1 aliphatic heterocycles. The van der Waals surface area contributed by atoms with Crippen molar-refractivity contribution in [3.63, 3.8) is 0 Å². The van der Waals surface area contributed by atoms with Gasteiger partial charge in [-0.15, -0.1) is 0 Å². The molecule has 0 unspecified atom stereocenters. The number of pyridine rings is 1. The summed E-state index contributed by atoms with van der Waals surface area (Å²) in [6.07, 6.45) is 3.62. The van der Waals surface area contributed by atoms with E-state index in [0.717, 1.165) is 53.4 Å². The second kappa shape index (κ2) is 8.18. The van der Waals surface area contributed by atoms with Crippen molar-refractivity contribution in [2.75, 3.05) is 4.81 Å². The molecule has 1 saturated carbocycles. The lowest BCUT2D eigenvalue weighted by atomic mass is 9.52. The van der Waals surface area contributed by atoms with Gasteiger partial charge in [0, 0.05) is 18.3 Å². The highest BCUT2D eigenvalue weighted by molar-refractivity contribution is 6.77. The maximum atomic E-state index is 9.32. The van der Waals surface area contributed by atoms with Crippen LogP contribution in [0.3, 0.4) is 0 Å². The van der Waals surface area contributed by atoms with Crippen molar-refractivity contribution in [2.45, 2.75) is 59.1 Å². The second-order valence-electron chi connectivity index (χ2n) is 9.07. The average Bonchev–Trinajstić information content (AvgIpc) is 2.85. The van der Waals surface area contributed by atoms with Crippen molar-refractivity contribution in [1.29, 1.82) is 0 Å². The van der Waals surface area contributed by atoms with E-state index in [0.29, 0.717) is 16.8 Å². The van der Waals surface area contributed by atoms with E-state index < -0.39 is 13.2 Å². The van der Waals surface area contributed by atoms with E-state index in [1.807, 2.05) is 68.6 Å². The summed E-state index contributed by atoms with van der Waals surface area (Å²) in [7, 11) is 1.99. The van der Waals surface area contributed by atoms with Crippen LogP contribution in [0.2, 0.25) is 6.82 Å². The topological polar surface area (TPSA) is 7.12 Å². The molecule has 1 fully saturated rings. The summed E-state index contributed by atoms with van der Waals surface area (Å²) in [6.45, 7) is 1.61. The van der Waals surface area contributed by atoms with Crippen molar-refractivity contribution in [3.8, 4) is 0 Å². The molecule has 5 rings (SSSR count). The fourth-order valence-corrected chi connectivity index (χ4v) is 5.44. The molecule has 2 aromatic carbocycles. The van der Waals surface area contributed by atoms with Crippen molar-refractivity contribution in [1.82, 2.24) is 0 Å². The Morgan fingerprint density at radius 1 is 1.10 bits per heavy atom. The van der Waals surface area contributed by atoms with Gasteiger partial charge in [0.25, 0.3) is 5.82 Å². The third kappa shape index (κ3) is 3.48. The molecule has 158 valence electrons. The molecule has 0 amide bonds. The average molecular weight is 414 g/mol. The SMILES string of the molecule is [2H]C([2H])([2H])C1=C(C)N(c2cc(C([2H])([2H])C3CCCCC3)c3ccccc3[n+]2C)B(C)c2ccccc21. The Labute approximate surface area is 194 Å². The summed E-state index contributed by atoms with van der Waals surface area (Å²) >= 11 is 0. The van der Waals surface area contributed by atoms with Crippen molar-refractivity contribution in [3.05, 3.63) is 71.4 Å². The van der Waals surface area contributed by atoms with E-state index in [1.165, 1.54) is 6.42 Å². The van der Waals surface area contributed by atoms with Gasteiger partial charge in [-0.3, -0.25) is 4.81 Å². The van der Waals surface area contributed by atoms with Crippen molar-refractivity contribution >= 4 is 34.6 Å². The molecular formula is C28H34BN2+. The molecule has 3 heteroatoms. The summed E-state index contributed by atoms with van der Waals surface area (Å²) in [5.74, 6) is 0.786. The first kappa shape index (κ1) is 15.3. The molecule has 2 heterocycles. The van der Waals surface area contributed by atoms with Crippen molar-refractivity contribution in [2.24, 2.45) is 13.0 Å². The van der Waals surface area contributed by atoms with Gasteiger partial charge in [-0.25, -0.2) is 4.57 Å². The minimum Gasteiger partial charge on any atom is -0.290 e. The summed E-state index contributed by atoms with van der Waals surface area (Å²) in [4.78, 5) is 2.09. The van der Waals surface area contributed by atoms with Gasteiger partial charge in [0.15, 0.2) is 0 Å². The van der Waals surface area contributed by atoms with Crippen LogP contribution in [0.15, 0.2) is 60.3 Å². The Bertz CT molecular complexity index is 1340. The highest BCUT2D eigenvalue weighted by atomic mass is 15.2. The normalized spacial score (nSPS) is 20.7. The molecule has 0 radical (unpaired) electrons. The Morgan fingerprint density at radius 3 is 2.65 bits per heavy atom. The van der Waals surface area contributed by atoms with E-state index in [-0.39, 0.29) is 12.8 Å². The van der Waals surface area contributed by atoms with Crippen LogP contribution in [-0.4, -0.2) is 6.85 Å². The predicted molar refractivity (Wildman–Crippen MR) is 134 cm³/mol. The molecule has 0 atom stereocenters. The number of para-hydroxylation sites is 1. The van der Waals surface area contributed by atoms with E-state index in [4.69, 9.17) is 4.11 Å². The first-order chi connectivity index (χ1) is 17.0. The van der Waals surface area contributed by atoms with E-state index in [2.05, 4.69) is 16.2 Å². The maximum Gasteiger partial charge on any atom is 0.409 e. The molecule has 2 nitrogen and oxygen atoms in total. The van der Waals surface area contributed by atoms with Gasteiger partial charge in [-0.05, 0) is 61.1 Å². The number of hydrogen-bond donors (Lipinski definition) is 0. The molecule has 1 aromatic heterocycles. The quantitative estimate of drug-likeness (QED) is 0.383. The van der Waals surface area contributed by atoms with E-state index in [9.17, 15) is 2.74 Å². The third-order valence-corrected chi connectivity index (χ3v) is 7.17. The van der Waals surface area contributed by atoms with Gasteiger partial charge in [-0.2, -0.15) is 0 Å². The minimum absolute atomic E-state index is 0.0238. The molecule has 0 spiro atoms. The zero-order valence-corrected chi connectivity index (χ0v) is 18.8. The smallest absolute Gasteiger partial charge is 0.290 e. The molecule has 31 heavy (non-hydrogen) atoms. The van der Waals surface area contributed by atoms with Gasteiger partial charge in [-0.1, -0.05) is 74.6 Å². The highest BCUT2D eigenvalue weighted by Crippen LogP contribution is 2.34. The number of fused-ring (bicyclic) bond motifs is 2. The van der Waals surface area contributed by atoms with Gasteiger partial charge in [0.05, 0.1) is 12.7 Å². The standard InChI is InChI=1S/C28H34BN2/c1-20-21(2)31(29(3)26-16-10-8-14-24(20)26)28-19-23(18-22-12-6-5-7-13-22)25-15-9-11-17-27(25)30(28)4/h8-11,14-17,19,22H,5-7,12-13,18H2,1-4H3/q+1/i1D3,18D2. The second-order valence-corrected chi connectivity index (χ2v) is 9.07. The zero-order chi connectivity index (χ0) is 25.8. The third-order valence-electron chi connectivity index (χ3n) is 7.17. The largest absolute Gasteiger partial charge is 0.409 e.